The Hall–Kier alpha value is -3.43. The lowest BCUT2D eigenvalue weighted by molar-refractivity contribution is -0.119. The van der Waals surface area contributed by atoms with Crippen molar-refractivity contribution in [2.24, 2.45) is 0 Å². The van der Waals surface area contributed by atoms with Crippen LogP contribution in [0.4, 0.5) is 15.8 Å². The first-order chi connectivity index (χ1) is 15.6. The van der Waals surface area contributed by atoms with Crippen LogP contribution in [-0.4, -0.2) is 26.9 Å². The minimum Gasteiger partial charge on any atom is -0.452 e. The maximum Gasteiger partial charge on any atom is 0.340 e. The second-order valence-corrected chi connectivity index (χ2v) is 9.26. The quantitative estimate of drug-likeness (QED) is 0.468. The van der Waals surface area contributed by atoms with Gasteiger partial charge in [0.15, 0.2) is 6.61 Å². The second-order valence-electron chi connectivity index (χ2n) is 7.17. The van der Waals surface area contributed by atoms with Crippen molar-refractivity contribution in [1.82, 2.24) is 0 Å². The van der Waals surface area contributed by atoms with Crippen LogP contribution in [0.5, 0.6) is 0 Å². The Morgan fingerprint density at radius 3 is 2.36 bits per heavy atom. The highest BCUT2D eigenvalue weighted by Crippen LogP contribution is 2.27. The Balaban J connectivity index is 1.70. The van der Waals surface area contributed by atoms with E-state index in [4.69, 9.17) is 16.3 Å². The number of benzene rings is 3. The SMILES string of the molecule is Cc1cc(C)c(NC(=O)COC(=O)c2ccccc2NS(=O)(=O)c2ccc(F)cc2)c(Cl)c1. The van der Waals surface area contributed by atoms with Crippen molar-refractivity contribution in [2.45, 2.75) is 18.7 Å². The minimum atomic E-state index is -4.09. The summed E-state index contributed by atoms with van der Waals surface area (Å²) in [5.74, 6) is -2.10. The molecule has 3 rings (SSSR count). The Morgan fingerprint density at radius 2 is 1.70 bits per heavy atom. The number of hydrogen-bond acceptors (Lipinski definition) is 5. The Morgan fingerprint density at radius 1 is 1.03 bits per heavy atom. The molecule has 0 aliphatic heterocycles. The number of carbonyl (C=O) groups excluding carboxylic acids is 2. The lowest BCUT2D eigenvalue weighted by atomic mass is 10.1. The Kier molecular flexibility index (Phi) is 7.35. The third kappa shape index (κ3) is 6.09. The largest absolute Gasteiger partial charge is 0.452 e. The van der Waals surface area contributed by atoms with Crippen LogP contribution in [0.2, 0.25) is 5.02 Å². The molecule has 3 aromatic carbocycles. The summed E-state index contributed by atoms with van der Waals surface area (Å²) in [6, 6.07) is 13.5. The zero-order valence-electron chi connectivity index (χ0n) is 17.7. The van der Waals surface area contributed by atoms with Crippen LogP contribution in [0, 0.1) is 19.7 Å². The van der Waals surface area contributed by atoms with Crippen molar-refractivity contribution in [3.63, 3.8) is 0 Å². The van der Waals surface area contributed by atoms with Gasteiger partial charge < -0.3 is 10.1 Å². The van der Waals surface area contributed by atoms with Gasteiger partial charge in [0.05, 0.1) is 26.9 Å². The van der Waals surface area contributed by atoms with E-state index in [9.17, 15) is 22.4 Å². The summed E-state index contributed by atoms with van der Waals surface area (Å²) >= 11 is 6.17. The summed E-state index contributed by atoms with van der Waals surface area (Å²) in [4.78, 5) is 24.6. The number of rotatable bonds is 7. The normalized spacial score (nSPS) is 11.0. The first-order valence-corrected chi connectivity index (χ1v) is 11.5. The number of nitrogens with one attached hydrogen (secondary N) is 2. The molecular formula is C23H20ClFN2O5S. The molecule has 172 valence electrons. The van der Waals surface area contributed by atoms with Crippen LogP contribution in [0.1, 0.15) is 21.5 Å². The van der Waals surface area contributed by atoms with Gasteiger partial charge in [-0.05, 0) is 67.4 Å². The molecule has 0 heterocycles. The van der Waals surface area contributed by atoms with E-state index in [-0.39, 0.29) is 16.1 Å². The van der Waals surface area contributed by atoms with Crippen LogP contribution < -0.4 is 10.0 Å². The molecular weight excluding hydrogens is 471 g/mol. The number of halogens is 2. The number of ether oxygens (including phenoxy) is 1. The number of amides is 1. The molecule has 0 atom stereocenters. The van der Waals surface area contributed by atoms with E-state index in [2.05, 4.69) is 10.0 Å². The summed E-state index contributed by atoms with van der Waals surface area (Å²) in [5.41, 5.74) is 1.95. The van der Waals surface area contributed by atoms with Gasteiger partial charge in [-0.2, -0.15) is 0 Å². The van der Waals surface area contributed by atoms with Crippen molar-refractivity contribution >= 4 is 44.9 Å². The maximum atomic E-state index is 13.1. The van der Waals surface area contributed by atoms with E-state index in [0.717, 1.165) is 35.4 Å². The zero-order valence-corrected chi connectivity index (χ0v) is 19.3. The van der Waals surface area contributed by atoms with Gasteiger partial charge in [0.2, 0.25) is 0 Å². The second kappa shape index (κ2) is 10.0. The summed E-state index contributed by atoms with van der Waals surface area (Å²) in [6.07, 6.45) is 0. The molecule has 0 aliphatic carbocycles. The summed E-state index contributed by atoms with van der Waals surface area (Å²) in [5, 5.41) is 2.96. The molecule has 0 radical (unpaired) electrons. The van der Waals surface area contributed by atoms with E-state index in [1.54, 1.807) is 13.0 Å². The fourth-order valence-electron chi connectivity index (χ4n) is 3.03. The van der Waals surface area contributed by atoms with Crippen LogP contribution >= 0.6 is 11.6 Å². The summed E-state index contributed by atoms with van der Waals surface area (Å²) < 4.78 is 45.6. The van der Waals surface area contributed by atoms with Crippen molar-refractivity contribution < 1.29 is 27.1 Å². The van der Waals surface area contributed by atoms with Crippen LogP contribution in [0.3, 0.4) is 0 Å². The van der Waals surface area contributed by atoms with E-state index >= 15 is 0 Å². The standard InChI is InChI=1S/C23H20ClFN2O5S/c1-14-11-15(2)22(19(24)12-14)26-21(28)13-32-23(29)18-5-3-4-6-20(18)27-33(30,31)17-9-7-16(25)8-10-17/h3-12,27H,13H2,1-2H3,(H,26,28). The molecule has 0 saturated carbocycles. The molecule has 0 saturated heterocycles. The highest BCUT2D eigenvalue weighted by atomic mass is 35.5. The smallest absolute Gasteiger partial charge is 0.340 e. The maximum absolute atomic E-state index is 13.1. The lowest BCUT2D eigenvalue weighted by Crippen LogP contribution is -2.22. The number of sulfonamides is 1. The molecule has 1 amide bonds. The number of carbonyl (C=O) groups is 2. The molecule has 0 bridgehead atoms. The predicted octanol–water partition coefficient (Wildman–Crippen LogP) is 4.69. The van der Waals surface area contributed by atoms with Gasteiger partial charge in [-0.1, -0.05) is 29.8 Å². The summed E-state index contributed by atoms with van der Waals surface area (Å²) in [7, 11) is -4.09. The fraction of sp³-hybridized carbons (Fsp3) is 0.130. The third-order valence-electron chi connectivity index (χ3n) is 4.55. The van der Waals surface area contributed by atoms with Gasteiger partial charge >= 0.3 is 5.97 Å². The lowest BCUT2D eigenvalue weighted by Gasteiger charge is -2.13. The van der Waals surface area contributed by atoms with Crippen LogP contribution in [0.15, 0.2) is 65.6 Å². The van der Waals surface area contributed by atoms with Crippen molar-refractivity contribution in [3.05, 3.63) is 88.2 Å². The van der Waals surface area contributed by atoms with Gasteiger partial charge in [-0.15, -0.1) is 0 Å². The molecule has 2 N–H and O–H groups in total. The zero-order chi connectivity index (χ0) is 24.2. The van der Waals surface area contributed by atoms with Gasteiger partial charge in [-0.3, -0.25) is 9.52 Å². The van der Waals surface area contributed by atoms with Crippen LogP contribution in [-0.2, 0) is 19.6 Å². The summed E-state index contributed by atoms with van der Waals surface area (Å²) in [6.45, 7) is 3.04. The van der Waals surface area contributed by atoms with Crippen molar-refractivity contribution in [2.75, 3.05) is 16.6 Å². The molecule has 0 aromatic heterocycles. The first kappa shape index (κ1) is 24.2. The van der Waals surface area contributed by atoms with Gasteiger partial charge in [-0.25, -0.2) is 17.6 Å². The van der Waals surface area contributed by atoms with Gasteiger partial charge in [0.1, 0.15) is 5.82 Å². The molecule has 7 nitrogen and oxygen atoms in total. The van der Waals surface area contributed by atoms with E-state index in [0.29, 0.717) is 10.7 Å². The minimum absolute atomic E-state index is 0.0512. The first-order valence-electron chi connectivity index (χ1n) is 9.68. The van der Waals surface area contributed by atoms with Crippen molar-refractivity contribution in [1.29, 1.82) is 0 Å². The Bertz CT molecular complexity index is 1290. The van der Waals surface area contributed by atoms with Gasteiger partial charge in [0.25, 0.3) is 15.9 Å². The molecule has 0 unspecified atom stereocenters. The monoisotopic (exact) mass is 490 g/mol. The molecule has 3 aromatic rings. The number of aryl methyl sites for hydroxylation is 2. The van der Waals surface area contributed by atoms with E-state index < -0.39 is 34.3 Å². The predicted molar refractivity (Wildman–Crippen MR) is 123 cm³/mol. The highest BCUT2D eigenvalue weighted by Gasteiger charge is 2.20. The molecule has 0 spiro atoms. The van der Waals surface area contributed by atoms with Gasteiger partial charge in [0, 0.05) is 0 Å². The average Bonchev–Trinajstić information content (AvgIpc) is 2.75. The molecule has 33 heavy (non-hydrogen) atoms. The number of hydrogen-bond donors (Lipinski definition) is 2. The third-order valence-corrected chi connectivity index (χ3v) is 6.23. The fourth-order valence-corrected chi connectivity index (χ4v) is 4.47. The molecule has 10 heteroatoms. The highest BCUT2D eigenvalue weighted by molar-refractivity contribution is 7.92. The van der Waals surface area contributed by atoms with Crippen molar-refractivity contribution in [3.8, 4) is 0 Å². The molecule has 0 aliphatic rings. The average molecular weight is 491 g/mol. The number of para-hydroxylation sites is 1. The van der Waals surface area contributed by atoms with Crippen LogP contribution in [0.25, 0.3) is 0 Å². The number of anilines is 2. The number of esters is 1. The topological polar surface area (TPSA) is 102 Å². The Labute approximate surface area is 195 Å². The van der Waals surface area contributed by atoms with E-state index in [1.165, 1.54) is 24.3 Å². The molecule has 0 fully saturated rings. The van der Waals surface area contributed by atoms with E-state index in [1.807, 2.05) is 13.0 Å².